The first-order valence-corrected chi connectivity index (χ1v) is 8.25. The van der Waals surface area contributed by atoms with Gasteiger partial charge in [-0.2, -0.15) is 5.10 Å². The van der Waals surface area contributed by atoms with Crippen molar-refractivity contribution in [1.82, 2.24) is 15.1 Å². The van der Waals surface area contributed by atoms with Gasteiger partial charge in [0, 0.05) is 30.3 Å². The highest BCUT2D eigenvalue weighted by atomic mass is 16.6. The molecule has 1 aliphatic heterocycles. The summed E-state index contributed by atoms with van der Waals surface area (Å²) >= 11 is 0. The number of oxime groups is 1. The lowest BCUT2D eigenvalue weighted by atomic mass is 9.95. The molecule has 0 spiro atoms. The number of hydrogen-bond donors (Lipinski definition) is 1. The van der Waals surface area contributed by atoms with E-state index in [0.29, 0.717) is 12.5 Å². The topological polar surface area (TPSA) is 68.5 Å². The van der Waals surface area contributed by atoms with Crippen molar-refractivity contribution >= 4 is 11.6 Å². The van der Waals surface area contributed by atoms with Crippen molar-refractivity contribution in [1.29, 1.82) is 0 Å². The van der Waals surface area contributed by atoms with E-state index in [-0.39, 0.29) is 5.91 Å². The van der Waals surface area contributed by atoms with E-state index in [1.807, 2.05) is 17.8 Å². The molecular weight excluding hydrogens is 280 g/mol. The molecule has 22 heavy (non-hydrogen) atoms. The van der Waals surface area contributed by atoms with Gasteiger partial charge < -0.3 is 10.2 Å². The molecule has 1 atom stereocenters. The van der Waals surface area contributed by atoms with Gasteiger partial charge in [-0.25, -0.2) is 0 Å². The Morgan fingerprint density at radius 2 is 2.18 bits per heavy atom. The lowest BCUT2D eigenvalue weighted by Crippen LogP contribution is -2.42. The van der Waals surface area contributed by atoms with Crippen molar-refractivity contribution < 1.29 is 9.63 Å². The summed E-state index contributed by atoms with van der Waals surface area (Å²) in [6.07, 6.45) is 7.67. The van der Waals surface area contributed by atoms with Gasteiger partial charge in [-0.15, -0.1) is 0 Å². The second-order valence-electron chi connectivity index (χ2n) is 6.14. The van der Waals surface area contributed by atoms with E-state index in [1.165, 1.54) is 19.3 Å². The molecule has 1 N–H and O–H groups in total. The Bertz CT molecular complexity index is 573. The molecule has 6 heteroatoms. The molecule has 1 saturated carbocycles. The minimum Gasteiger partial charge on any atom is -0.382 e. The fourth-order valence-corrected chi connectivity index (χ4v) is 3.27. The van der Waals surface area contributed by atoms with E-state index in [9.17, 15) is 4.79 Å². The summed E-state index contributed by atoms with van der Waals surface area (Å²) in [7, 11) is 0. The molecule has 3 rings (SSSR count). The normalized spacial score (nSPS) is 22.3. The molecule has 6 nitrogen and oxygen atoms in total. The third kappa shape index (κ3) is 3.00. The Kier molecular flexibility index (Phi) is 4.45. The maximum absolute atomic E-state index is 12.3. The molecule has 0 saturated heterocycles. The van der Waals surface area contributed by atoms with Crippen LogP contribution >= 0.6 is 0 Å². The second-order valence-corrected chi connectivity index (χ2v) is 6.14. The van der Waals surface area contributed by atoms with Crippen LogP contribution in [0.15, 0.2) is 11.4 Å². The Morgan fingerprint density at radius 1 is 1.41 bits per heavy atom. The molecule has 1 unspecified atom stereocenters. The molecule has 1 aromatic heterocycles. The molecule has 1 aromatic rings. The van der Waals surface area contributed by atoms with Crippen LogP contribution in [-0.2, 0) is 16.2 Å². The first-order valence-electron chi connectivity index (χ1n) is 8.25. The van der Waals surface area contributed by atoms with Gasteiger partial charge in [-0.3, -0.25) is 9.48 Å². The van der Waals surface area contributed by atoms with Crippen LogP contribution in [0.3, 0.4) is 0 Å². The van der Waals surface area contributed by atoms with Gasteiger partial charge in [0.05, 0.1) is 11.9 Å². The summed E-state index contributed by atoms with van der Waals surface area (Å²) < 4.78 is 1.92. The Morgan fingerprint density at radius 3 is 2.86 bits per heavy atom. The summed E-state index contributed by atoms with van der Waals surface area (Å²) in [5.41, 5.74) is 2.87. The van der Waals surface area contributed by atoms with Crippen molar-refractivity contribution in [2.75, 3.05) is 0 Å². The van der Waals surface area contributed by atoms with Crippen LogP contribution in [0, 0.1) is 6.92 Å². The number of hydrogen-bond acceptors (Lipinski definition) is 4. The minimum atomic E-state index is -0.499. The zero-order chi connectivity index (χ0) is 15.5. The van der Waals surface area contributed by atoms with Crippen molar-refractivity contribution in [2.45, 2.75) is 71.1 Å². The smallest absolute Gasteiger partial charge is 0.264 e. The van der Waals surface area contributed by atoms with E-state index in [4.69, 9.17) is 4.84 Å². The van der Waals surface area contributed by atoms with Gasteiger partial charge in [-0.05, 0) is 26.7 Å². The molecule has 1 aliphatic carbocycles. The van der Waals surface area contributed by atoms with Crippen LogP contribution in [0.25, 0.3) is 0 Å². The lowest BCUT2D eigenvalue weighted by molar-refractivity contribution is -0.132. The lowest BCUT2D eigenvalue weighted by Gasteiger charge is -2.23. The molecule has 0 aromatic carbocycles. The Labute approximate surface area is 130 Å². The molecule has 2 aliphatic rings. The number of aryl methyl sites for hydroxylation is 1. The van der Waals surface area contributed by atoms with E-state index in [2.05, 4.69) is 22.5 Å². The van der Waals surface area contributed by atoms with E-state index < -0.39 is 6.10 Å². The third-order valence-electron chi connectivity index (χ3n) is 4.63. The second kappa shape index (κ2) is 6.50. The van der Waals surface area contributed by atoms with Gasteiger partial charge in [0.2, 0.25) is 6.10 Å². The SMILES string of the molecule is CCn1ncc(C2=NOC(C(=O)NC3CCCCC3)C2)c1C. The Hall–Kier alpha value is -1.85. The Balaban J connectivity index is 1.58. The number of rotatable bonds is 4. The number of aromatic nitrogens is 2. The van der Waals surface area contributed by atoms with Crippen LogP contribution < -0.4 is 5.32 Å². The number of nitrogens with zero attached hydrogens (tertiary/aromatic N) is 3. The predicted octanol–water partition coefficient (Wildman–Crippen LogP) is 2.15. The summed E-state index contributed by atoms with van der Waals surface area (Å²) in [5.74, 6) is -0.0359. The fourth-order valence-electron chi connectivity index (χ4n) is 3.27. The van der Waals surface area contributed by atoms with Crippen molar-refractivity contribution in [2.24, 2.45) is 5.16 Å². The van der Waals surface area contributed by atoms with Gasteiger partial charge in [0.1, 0.15) is 0 Å². The van der Waals surface area contributed by atoms with Crippen LogP contribution in [0.1, 0.15) is 56.7 Å². The zero-order valence-electron chi connectivity index (χ0n) is 13.3. The quantitative estimate of drug-likeness (QED) is 0.926. The highest BCUT2D eigenvalue weighted by Crippen LogP contribution is 2.21. The highest BCUT2D eigenvalue weighted by molar-refractivity contribution is 6.04. The maximum Gasteiger partial charge on any atom is 0.264 e. The van der Waals surface area contributed by atoms with Crippen molar-refractivity contribution in [3.8, 4) is 0 Å². The molecule has 1 amide bonds. The van der Waals surface area contributed by atoms with Gasteiger partial charge in [-0.1, -0.05) is 24.4 Å². The van der Waals surface area contributed by atoms with Crippen LogP contribution in [0.5, 0.6) is 0 Å². The van der Waals surface area contributed by atoms with Crippen molar-refractivity contribution in [3.63, 3.8) is 0 Å². The monoisotopic (exact) mass is 304 g/mol. The average molecular weight is 304 g/mol. The number of nitrogens with one attached hydrogen (secondary N) is 1. The van der Waals surface area contributed by atoms with Crippen molar-refractivity contribution in [3.05, 3.63) is 17.5 Å². The first-order chi connectivity index (χ1) is 10.7. The molecule has 1 fully saturated rings. The van der Waals surface area contributed by atoms with Crippen LogP contribution in [0.4, 0.5) is 0 Å². The van der Waals surface area contributed by atoms with E-state index >= 15 is 0 Å². The van der Waals surface area contributed by atoms with Gasteiger partial charge in [0.15, 0.2) is 0 Å². The first kappa shape index (κ1) is 15.1. The maximum atomic E-state index is 12.3. The average Bonchev–Trinajstić information content (AvgIpc) is 3.14. The molecule has 120 valence electrons. The molecular formula is C16H24N4O2. The standard InChI is InChI=1S/C16H24N4O2/c1-3-20-11(2)13(10-17-20)14-9-15(22-19-14)16(21)18-12-7-5-4-6-8-12/h10,12,15H,3-9H2,1-2H3,(H,18,21). The number of amides is 1. The van der Waals surface area contributed by atoms with E-state index in [1.54, 1.807) is 0 Å². The minimum absolute atomic E-state index is 0.0359. The third-order valence-corrected chi connectivity index (χ3v) is 4.63. The van der Waals surface area contributed by atoms with Crippen LogP contribution in [-0.4, -0.2) is 33.5 Å². The summed E-state index contributed by atoms with van der Waals surface area (Å²) in [4.78, 5) is 17.7. The largest absolute Gasteiger partial charge is 0.382 e. The van der Waals surface area contributed by atoms with Crippen LogP contribution in [0.2, 0.25) is 0 Å². The molecule has 2 heterocycles. The predicted molar refractivity (Wildman–Crippen MR) is 83.7 cm³/mol. The van der Waals surface area contributed by atoms with Gasteiger partial charge >= 0.3 is 0 Å². The fraction of sp³-hybridized carbons (Fsp3) is 0.688. The van der Waals surface area contributed by atoms with E-state index in [0.717, 1.165) is 36.4 Å². The van der Waals surface area contributed by atoms with Gasteiger partial charge in [0.25, 0.3) is 5.91 Å². The zero-order valence-corrected chi connectivity index (χ0v) is 13.3. The summed E-state index contributed by atoms with van der Waals surface area (Å²) in [6.45, 7) is 4.90. The number of carbonyl (C=O) groups is 1. The summed E-state index contributed by atoms with van der Waals surface area (Å²) in [5, 5.41) is 11.5. The number of carbonyl (C=O) groups excluding carboxylic acids is 1. The molecule has 0 bridgehead atoms. The highest BCUT2D eigenvalue weighted by Gasteiger charge is 2.31. The molecule has 0 radical (unpaired) electrons. The summed E-state index contributed by atoms with van der Waals surface area (Å²) in [6, 6.07) is 0.304.